The molecule has 0 fully saturated rings. The number of hydrogen-bond donors (Lipinski definition) is 0. The van der Waals surface area contributed by atoms with E-state index in [9.17, 15) is 0 Å². The maximum absolute atomic E-state index is 6.12. The molecule has 0 saturated heterocycles. The zero-order valence-corrected chi connectivity index (χ0v) is 32.0. The second-order valence-corrected chi connectivity index (χ2v) is 13.1. The van der Waals surface area contributed by atoms with Crippen molar-refractivity contribution >= 4 is 91.7 Å². The van der Waals surface area contributed by atoms with Crippen LogP contribution in [0.5, 0.6) is 0 Å². The average molecular weight is 819 g/mol. The summed E-state index contributed by atoms with van der Waals surface area (Å²) in [4.78, 5) is 0. The van der Waals surface area contributed by atoms with Crippen LogP contribution in [0, 0.1) is 6.92 Å². The van der Waals surface area contributed by atoms with Crippen molar-refractivity contribution in [1.29, 1.82) is 0 Å². The van der Waals surface area contributed by atoms with Gasteiger partial charge in [0.05, 0.1) is 4.47 Å². The van der Waals surface area contributed by atoms with Crippen LogP contribution in [0.4, 0.5) is 0 Å². The summed E-state index contributed by atoms with van der Waals surface area (Å²) in [6.45, 7) is 5.72. The van der Waals surface area contributed by atoms with Crippen molar-refractivity contribution in [2.75, 3.05) is 10.7 Å². The number of benzene rings is 6. The Hall–Kier alpha value is -3.04. The van der Waals surface area contributed by atoms with Crippen LogP contribution in [0.15, 0.2) is 153 Å². The van der Waals surface area contributed by atoms with Gasteiger partial charge in [0, 0.05) is 43.3 Å². The first-order valence-electron chi connectivity index (χ1n) is 15.6. The van der Waals surface area contributed by atoms with Crippen molar-refractivity contribution in [3.63, 3.8) is 0 Å². The molecule has 0 bridgehead atoms. The number of furan rings is 2. The molecule has 0 saturated carbocycles. The van der Waals surface area contributed by atoms with E-state index >= 15 is 0 Å². The minimum absolute atomic E-state index is 0. The number of fused-ring (bicyclic) bond motifs is 6. The second-order valence-electron chi connectivity index (χ2n) is 10.6. The molecular formula is C42H36Br3LiO2. The molecule has 0 radical (unpaired) electrons. The molecule has 8 aromatic rings. The predicted octanol–water partition coefficient (Wildman–Crippen LogP) is 11.7. The Labute approximate surface area is 320 Å². The van der Waals surface area contributed by atoms with Crippen molar-refractivity contribution in [1.82, 2.24) is 0 Å². The molecule has 0 spiro atoms. The smallest absolute Gasteiger partial charge is 0.455 e. The molecule has 48 heavy (non-hydrogen) atoms. The van der Waals surface area contributed by atoms with Crippen LogP contribution in [0.2, 0.25) is 0 Å². The molecular weight excluding hydrogens is 783 g/mol. The first kappa shape index (κ1) is 37.8. The molecule has 0 amide bonds. The van der Waals surface area contributed by atoms with Gasteiger partial charge in [-0.1, -0.05) is 173 Å². The summed E-state index contributed by atoms with van der Waals surface area (Å²) in [7, 11) is 0. The molecule has 0 atom stereocenters. The first-order chi connectivity index (χ1) is 23.1. The fourth-order valence-electron chi connectivity index (χ4n) is 5.22. The summed E-state index contributed by atoms with van der Waals surface area (Å²) < 4.78 is 13.2. The van der Waals surface area contributed by atoms with E-state index in [1.807, 2.05) is 54.6 Å². The van der Waals surface area contributed by atoms with Crippen molar-refractivity contribution in [2.45, 2.75) is 19.8 Å². The number of para-hydroxylation sites is 4. The van der Waals surface area contributed by atoms with Crippen LogP contribution in [0.3, 0.4) is 0 Å². The number of alkyl halides is 2. The molecule has 6 aromatic carbocycles. The zero-order chi connectivity index (χ0) is 33.0. The molecule has 0 aliphatic rings. The van der Waals surface area contributed by atoms with E-state index in [1.165, 1.54) is 28.3 Å². The van der Waals surface area contributed by atoms with Gasteiger partial charge in [0.25, 0.3) is 0 Å². The number of rotatable bonds is 4. The van der Waals surface area contributed by atoms with Crippen LogP contribution in [0.25, 0.3) is 66.1 Å². The van der Waals surface area contributed by atoms with Crippen molar-refractivity contribution in [3.8, 4) is 22.3 Å². The van der Waals surface area contributed by atoms with Gasteiger partial charge in [0.15, 0.2) is 0 Å². The monoisotopic (exact) mass is 816 g/mol. The third-order valence-electron chi connectivity index (χ3n) is 7.48. The Morgan fingerprint density at radius 3 is 1.44 bits per heavy atom. The summed E-state index contributed by atoms with van der Waals surface area (Å²) in [5.74, 6) is 0. The average Bonchev–Trinajstić information content (AvgIpc) is 3.72. The normalized spacial score (nSPS) is 10.4. The number of unbranched alkanes of at least 4 members (excludes halogenated alkanes) is 1. The van der Waals surface area contributed by atoms with Crippen LogP contribution in [0.1, 0.15) is 19.8 Å². The van der Waals surface area contributed by atoms with Gasteiger partial charge in [0.1, 0.15) is 22.3 Å². The summed E-state index contributed by atoms with van der Waals surface area (Å²) in [6, 6.07) is 47.6. The maximum Gasteiger partial charge on any atom is 1.00 e. The Kier molecular flexibility index (Phi) is 15.1. The maximum atomic E-state index is 6.12. The molecule has 0 N–H and O–H groups in total. The summed E-state index contributed by atoms with van der Waals surface area (Å²) in [5.41, 5.74) is 8.41. The Morgan fingerprint density at radius 1 is 0.500 bits per heavy atom. The van der Waals surface area contributed by atoms with E-state index in [0.29, 0.717) is 0 Å². The van der Waals surface area contributed by atoms with Gasteiger partial charge in [-0.2, -0.15) is 6.42 Å². The fraction of sp³-hybridized carbons (Fsp3) is 0.119. The Bertz CT molecular complexity index is 2150. The number of hydrogen-bond acceptors (Lipinski definition) is 2. The van der Waals surface area contributed by atoms with E-state index < -0.39 is 0 Å². The minimum atomic E-state index is 0. The van der Waals surface area contributed by atoms with Gasteiger partial charge >= 0.3 is 18.9 Å². The van der Waals surface area contributed by atoms with Crippen molar-refractivity contribution in [3.05, 3.63) is 151 Å². The van der Waals surface area contributed by atoms with Crippen LogP contribution in [-0.2, 0) is 0 Å². The standard InChI is InChI=1S/C18H11BrO.C18H12O.C4H9.C2H4Br2.Li/c19-16-11-5-10-15-14-9-4-8-13(17(14)20-18(15)16)12-6-2-1-3-7-12;1-2-7-13(8-3-1)14-10-6-11-16-15-9-4-5-12-17(15)19-18(14)16;1-3-4-2;3-1-2-4;/h1-11H;1-12H;1,3-4H2,2H3;1-2H2;/q;;-1;;+1. The third kappa shape index (κ3) is 8.94. The van der Waals surface area contributed by atoms with Gasteiger partial charge < -0.3 is 15.8 Å². The van der Waals surface area contributed by atoms with Gasteiger partial charge in [0.2, 0.25) is 0 Å². The molecule has 2 heterocycles. The van der Waals surface area contributed by atoms with E-state index in [4.69, 9.17) is 8.83 Å². The SMILES string of the molecule is BrCCBr.Brc1cccc2c1oc1c(-c3ccccc3)cccc12.[CH2-]CCC.[Li+].c1ccc(-c2cccc3c2oc2ccccc23)cc1. The molecule has 0 aliphatic heterocycles. The van der Waals surface area contributed by atoms with Gasteiger partial charge in [-0.15, -0.1) is 0 Å². The minimum Gasteiger partial charge on any atom is -0.455 e. The van der Waals surface area contributed by atoms with Crippen molar-refractivity contribution in [2.24, 2.45) is 0 Å². The van der Waals surface area contributed by atoms with Gasteiger partial charge in [-0.05, 0) is 39.2 Å². The predicted molar refractivity (Wildman–Crippen MR) is 214 cm³/mol. The van der Waals surface area contributed by atoms with Gasteiger partial charge in [-0.3, -0.25) is 0 Å². The molecule has 2 aromatic heterocycles. The van der Waals surface area contributed by atoms with E-state index in [0.717, 1.165) is 65.8 Å². The molecule has 238 valence electrons. The summed E-state index contributed by atoms with van der Waals surface area (Å²) in [6.07, 6.45) is 2.28. The molecule has 0 unspecified atom stereocenters. The molecule has 0 aliphatic carbocycles. The van der Waals surface area contributed by atoms with Crippen LogP contribution >= 0.6 is 47.8 Å². The Morgan fingerprint density at radius 2 is 0.917 bits per heavy atom. The molecule has 8 rings (SSSR count). The van der Waals surface area contributed by atoms with E-state index in [2.05, 4.69) is 147 Å². The van der Waals surface area contributed by atoms with Crippen LogP contribution < -0.4 is 18.9 Å². The number of halogens is 3. The largest absolute Gasteiger partial charge is 1.00 e. The molecule has 2 nitrogen and oxygen atoms in total. The second kappa shape index (κ2) is 19.2. The fourth-order valence-corrected chi connectivity index (χ4v) is 5.67. The third-order valence-corrected chi connectivity index (χ3v) is 9.96. The van der Waals surface area contributed by atoms with E-state index in [-0.39, 0.29) is 18.9 Å². The van der Waals surface area contributed by atoms with Gasteiger partial charge in [-0.25, -0.2) is 0 Å². The Balaban J connectivity index is 0.000000175. The van der Waals surface area contributed by atoms with Crippen LogP contribution in [-0.4, -0.2) is 10.7 Å². The topological polar surface area (TPSA) is 26.3 Å². The zero-order valence-electron chi connectivity index (χ0n) is 27.3. The first-order valence-corrected chi connectivity index (χ1v) is 18.7. The summed E-state index contributed by atoms with van der Waals surface area (Å²) >= 11 is 9.96. The quantitative estimate of drug-likeness (QED) is 0.100. The summed E-state index contributed by atoms with van der Waals surface area (Å²) in [5, 5.41) is 6.75. The molecule has 6 heteroatoms. The van der Waals surface area contributed by atoms with E-state index in [1.54, 1.807) is 0 Å². The van der Waals surface area contributed by atoms with Crippen molar-refractivity contribution < 1.29 is 27.7 Å².